The summed E-state index contributed by atoms with van der Waals surface area (Å²) >= 11 is 0. The number of β-amino-alcohol motifs (C(OH)–C–C–N with tert-alkyl or cyclic N) is 1. The van der Waals surface area contributed by atoms with E-state index in [2.05, 4.69) is 32.1 Å². The second-order valence-electron chi connectivity index (χ2n) is 10.5. The lowest BCUT2D eigenvalue weighted by Crippen LogP contribution is -2.46. The van der Waals surface area contributed by atoms with E-state index in [0.29, 0.717) is 17.4 Å². The number of aliphatic hydroxyl groups is 1. The molecule has 0 saturated carbocycles. The lowest BCUT2D eigenvalue weighted by atomic mass is 10.0. The van der Waals surface area contributed by atoms with Gasteiger partial charge in [0.05, 0.1) is 35.4 Å². The minimum Gasteiger partial charge on any atom is -0.389 e. The molecule has 4 N–H and O–H groups in total. The molecule has 2 atom stereocenters. The second-order valence-corrected chi connectivity index (χ2v) is 12.2. The van der Waals surface area contributed by atoms with Crippen molar-refractivity contribution >= 4 is 26.6 Å². The van der Waals surface area contributed by atoms with Crippen LogP contribution in [-0.4, -0.2) is 94.7 Å². The van der Waals surface area contributed by atoms with Crippen LogP contribution < -0.4 is 15.4 Å². The summed E-state index contributed by atoms with van der Waals surface area (Å²) in [7, 11) is -1.02. The molecule has 240 valence electrons. The maximum atomic E-state index is 13.6. The Hall–Kier alpha value is -3.16. The molecular formula is C30H38F3N5O5S. The van der Waals surface area contributed by atoms with E-state index in [9.17, 15) is 26.7 Å². The minimum absolute atomic E-state index is 0.0578. The first-order chi connectivity index (χ1) is 21.0. The molecule has 0 amide bonds. The van der Waals surface area contributed by atoms with E-state index in [4.69, 9.17) is 9.47 Å². The fourth-order valence-electron chi connectivity index (χ4n) is 5.15. The summed E-state index contributed by atoms with van der Waals surface area (Å²) in [5.74, 6) is 5.60. The van der Waals surface area contributed by atoms with Gasteiger partial charge in [-0.3, -0.25) is 5.32 Å². The number of methoxy groups -OCH3 is 2. The quantitative estimate of drug-likeness (QED) is 0.167. The molecule has 10 nitrogen and oxygen atoms in total. The lowest BCUT2D eigenvalue weighted by Gasteiger charge is -2.34. The van der Waals surface area contributed by atoms with E-state index in [0.717, 1.165) is 36.2 Å². The number of nitrogens with one attached hydrogen (secondary N) is 3. The first kappa shape index (κ1) is 33.7. The highest BCUT2D eigenvalue weighted by atomic mass is 32.2. The van der Waals surface area contributed by atoms with Crippen molar-refractivity contribution < 1.29 is 36.2 Å². The van der Waals surface area contributed by atoms with E-state index in [1.165, 1.54) is 19.2 Å². The summed E-state index contributed by atoms with van der Waals surface area (Å²) in [6.07, 6.45) is -4.51. The van der Waals surface area contributed by atoms with Gasteiger partial charge >= 0.3 is 6.18 Å². The largest absolute Gasteiger partial charge is 0.406 e. The van der Waals surface area contributed by atoms with E-state index in [1.54, 1.807) is 43.5 Å². The van der Waals surface area contributed by atoms with Crippen LogP contribution in [-0.2, 0) is 26.0 Å². The zero-order valence-electron chi connectivity index (χ0n) is 24.6. The maximum absolute atomic E-state index is 13.6. The number of likely N-dealkylation sites (tertiary alicyclic amines) is 1. The Labute approximate surface area is 255 Å². The van der Waals surface area contributed by atoms with Crippen molar-refractivity contribution in [2.45, 2.75) is 49.0 Å². The number of piperidine rings is 1. The number of halogens is 3. The number of hydrogen-bond acceptors (Lipinski definition) is 8. The molecule has 1 aliphatic rings. The summed E-state index contributed by atoms with van der Waals surface area (Å²) in [6.45, 7) is 1.07. The highest BCUT2D eigenvalue weighted by Gasteiger charge is 2.30. The molecule has 4 rings (SSSR count). The highest BCUT2D eigenvalue weighted by Crippen LogP contribution is 2.31. The van der Waals surface area contributed by atoms with Gasteiger partial charge in [-0.15, -0.1) is 0 Å². The van der Waals surface area contributed by atoms with Crippen LogP contribution in [0, 0.1) is 11.8 Å². The highest BCUT2D eigenvalue weighted by molar-refractivity contribution is 7.89. The summed E-state index contributed by atoms with van der Waals surface area (Å²) in [6, 6.07) is 14.7. The molecule has 44 heavy (non-hydrogen) atoms. The number of benzene rings is 2. The van der Waals surface area contributed by atoms with Crippen LogP contribution in [0.3, 0.4) is 0 Å². The summed E-state index contributed by atoms with van der Waals surface area (Å²) < 4.78 is 79.7. The zero-order chi connectivity index (χ0) is 31.7. The number of sulfonamides is 1. The first-order valence-corrected chi connectivity index (χ1v) is 15.6. The predicted molar refractivity (Wildman–Crippen MR) is 161 cm³/mol. The van der Waals surface area contributed by atoms with Crippen molar-refractivity contribution in [1.82, 2.24) is 19.5 Å². The van der Waals surface area contributed by atoms with E-state index < -0.39 is 35.2 Å². The molecule has 1 aliphatic heterocycles. The minimum atomic E-state index is -4.47. The van der Waals surface area contributed by atoms with Crippen LogP contribution >= 0.6 is 0 Å². The van der Waals surface area contributed by atoms with E-state index in [-0.39, 0.29) is 29.8 Å². The number of rotatable bonds is 13. The van der Waals surface area contributed by atoms with Crippen molar-refractivity contribution in [3.8, 4) is 11.8 Å². The van der Waals surface area contributed by atoms with Crippen LogP contribution in [0.2, 0.25) is 0 Å². The average molecular weight is 638 g/mol. The van der Waals surface area contributed by atoms with Gasteiger partial charge in [-0.05, 0) is 49.1 Å². The Bertz CT molecular complexity index is 1530. The molecule has 0 radical (unpaired) electrons. The topological polar surface area (TPSA) is 117 Å². The van der Waals surface area contributed by atoms with Gasteiger partial charge in [-0.2, -0.15) is 17.9 Å². The Kier molecular flexibility index (Phi) is 11.7. The molecule has 0 bridgehead atoms. The number of fused-ring (bicyclic) bond motifs is 1. The average Bonchev–Trinajstić information content (AvgIpc) is 3.32. The van der Waals surface area contributed by atoms with Gasteiger partial charge in [0.2, 0.25) is 10.0 Å². The van der Waals surface area contributed by atoms with Gasteiger partial charge in [0.1, 0.15) is 6.54 Å². The molecular weight excluding hydrogens is 599 g/mol. The van der Waals surface area contributed by atoms with Crippen LogP contribution in [0.25, 0.3) is 10.9 Å². The van der Waals surface area contributed by atoms with Crippen LogP contribution in [0.15, 0.2) is 59.5 Å². The number of nitrogens with zero attached hydrogens (tertiary/aromatic N) is 2. The predicted octanol–water partition coefficient (Wildman–Crippen LogP) is 2.94. The first-order valence-electron chi connectivity index (χ1n) is 14.2. The molecule has 2 aromatic carbocycles. The number of anilines is 1. The van der Waals surface area contributed by atoms with E-state index >= 15 is 0 Å². The van der Waals surface area contributed by atoms with Crippen molar-refractivity contribution in [3.63, 3.8) is 0 Å². The molecule has 1 saturated heterocycles. The number of hydrogen-bond donors (Lipinski definition) is 4. The van der Waals surface area contributed by atoms with Gasteiger partial charge < -0.3 is 29.4 Å². The fraction of sp³-hybridized carbons (Fsp3) is 0.467. The van der Waals surface area contributed by atoms with Gasteiger partial charge in [0, 0.05) is 51.0 Å². The third-order valence-electron chi connectivity index (χ3n) is 7.20. The Morgan fingerprint density at radius 3 is 2.48 bits per heavy atom. The molecule has 2 heterocycles. The van der Waals surface area contributed by atoms with Gasteiger partial charge in [0.25, 0.3) is 0 Å². The number of alkyl halides is 3. The van der Waals surface area contributed by atoms with Crippen LogP contribution in [0.1, 0.15) is 18.5 Å². The third kappa shape index (κ3) is 9.42. The Morgan fingerprint density at radius 2 is 1.82 bits per heavy atom. The second kappa shape index (κ2) is 15.2. The van der Waals surface area contributed by atoms with Crippen molar-refractivity contribution in [2.24, 2.45) is 0 Å². The lowest BCUT2D eigenvalue weighted by molar-refractivity contribution is -0.140. The van der Waals surface area contributed by atoms with Crippen LogP contribution in [0.4, 0.5) is 18.9 Å². The van der Waals surface area contributed by atoms with Crippen molar-refractivity contribution in [1.29, 1.82) is 0 Å². The van der Waals surface area contributed by atoms with Gasteiger partial charge in [-0.25, -0.2) is 8.42 Å². The Morgan fingerprint density at radius 1 is 1.09 bits per heavy atom. The molecule has 0 aliphatic carbocycles. The fourth-order valence-corrected chi connectivity index (χ4v) is 6.26. The Balaban J connectivity index is 1.46. The van der Waals surface area contributed by atoms with Gasteiger partial charge in [-0.1, -0.05) is 30.2 Å². The molecule has 14 heteroatoms. The molecule has 2 unspecified atom stereocenters. The summed E-state index contributed by atoms with van der Waals surface area (Å²) in [5.41, 5.74) is 1.29. The van der Waals surface area contributed by atoms with Crippen molar-refractivity contribution in [2.75, 3.05) is 52.3 Å². The van der Waals surface area contributed by atoms with Crippen molar-refractivity contribution in [3.05, 3.63) is 60.3 Å². The van der Waals surface area contributed by atoms with Crippen LogP contribution in [0.5, 0.6) is 0 Å². The zero-order valence-corrected chi connectivity index (χ0v) is 25.4. The molecule has 0 spiro atoms. The third-order valence-corrected chi connectivity index (χ3v) is 8.62. The summed E-state index contributed by atoms with van der Waals surface area (Å²) in [4.78, 5) is 2.23. The van der Waals surface area contributed by atoms with E-state index in [1.807, 2.05) is 6.07 Å². The number of aliphatic hydroxyl groups excluding tert-OH is 1. The SMILES string of the molecule is COCC(O)CN1CCC(Nc2cccc3c2cc(C#CCNC(NS(=O)(=O)c2ccccc2)OC)n3CC(F)(F)F)CC1. The normalized spacial score (nSPS) is 16.4. The number of ether oxygens (including phenoxy) is 2. The maximum Gasteiger partial charge on any atom is 0.406 e. The summed E-state index contributed by atoms with van der Waals surface area (Å²) in [5, 5.41) is 16.9. The molecule has 3 aromatic rings. The van der Waals surface area contributed by atoms with Gasteiger partial charge in [0.15, 0.2) is 6.35 Å². The standard InChI is InChI=1S/C30H38F3N5O5S/c1-42-20-24(39)19-37-16-13-22(14-17-37)35-27-11-6-12-28-26(27)18-23(38(28)21-30(31,32)33)8-7-15-34-29(43-2)36-44(40,41)25-9-4-3-5-10-25/h3-6,9-12,18,22,24,29,34-36,39H,13-17,19-21H2,1-2H3. The number of aromatic nitrogens is 1. The molecule has 1 aromatic heterocycles. The molecule has 1 fully saturated rings. The smallest absolute Gasteiger partial charge is 0.389 e. The monoisotopic (exact) mass is 637 g/mol.